The average Bonchev–Trinajstić information content (AvgIpc) is 3.46. The van der Waals surface area contributed by atoms with Crippen molar-refractivity contribution in [1.29, 1.82) is 0 Å². The molecule has 0 fully saturated rings. The molecule has 176 valence electrons. The van der Waals surface area contributed by atoms with Crippen LogP contribution in [-0.2, 0) is 6.42 Å². The monoisotopic (exact) mass is 482 g/mol. The van der Waals surface area contributed by atoms with E-state index in [0.29, 0.717) is 28.7 Å². The van der Waals surface area contributed by atoms with Crippen LogP contribution in [0, 0.1) is 0 Å². The van der Waals surface area contributed by atoms with E-state index in [1.807, 2.05) is 61.5 Å². The number of nitrogens with zero attached hydrogens (tertiary/aromatic N) is 2. The molecule has 0 N–H and O–H groups in total. The molecule has 0 aliphatic carbocycles. The van der Waals surface area contributed by atoms with E-state index in [-0.39, 0.29) is 45.7 Å². The zero-order valence-corrected chi connectivity index (χ0v) is 20.1. The standard InChI is InChI=1S/C35H26N2/c1-2-33-36-31-18-10-11-19-32(31)37(33)26-22-20-25(21-23-26)35-29-16-8-6-14-27(29)34(24-12-4-3-5-13-24)28-15-7-9-17-30(28)35/h3-23H,2H2,1H3/i6D,7D,8D,9D,14D,15D,16D,17D. The van der Waals surface area contributed by atoms with Gasteiger partial charge in [-0.2, -0.15) is 0 Å². The third kappa shape index (κ3) is 3.45. The van der Waals surface area contributed by atoms with E-state index in [2.05, 4.69) is 4.57 Å². The zero-order chi connectivity index (χ0) is 31.7. The van der Waals surface area contributed by atoms with Gasteiger partial charge in [0, 0.05) is 12.1 Å². The fraction of sp³-hybridized carbons (Fsp3) is 0.0571. The first-order valence-corrected chi connectivity index (χ1v) is 12.2. The summed E-state index contributed by atoms with van der Waals surface area (Å²) in [6.07, 6.45) is 0.707. The lowest BCUT2D eigenvalue weighted by Crippen LogP contribution is -2.00. The highest BCUT2D eigenvalue weighted by atomic mass is 15.1. The van der Waals surface area contributed by atoms with Crippen molar-refractivity contribution in [2.75, 3.05) is 0 Å². The molecule has 2 heteroatoms. The molecule has 0 saturated carbocycles. The maximum atomic E-state index is 9.07. The number of fused-ring (bicyclic) bond motifs is 3. The number of imidazole rings is 1. The van der Waals surface area contributed by atoms with Crippen LogP contribution in [0.1, 0.15) is 23.7 Å². The normalized spacial score (nSPS) is 14.5. The zero-order valence-electron chi connectivity index (χ0n) is 28.1. The third-order valence-electron chi connectivity index (χ3n) is 6.80. The minimum Gasteiger partial charge on any atom is -0.296 e. The van der Waals surface area contributed by atoms with Gasteiger partial charge in [0.15, 0.2) is 0 Å². The molecule has 0 bridgehead atoms. The van der Waals surface area contributed by atoms with Gasteiger partial charge in [-0.3, -0.25) is 4.57 Å². The summed E-state index contributed by atoms with van der Waals surface area (Å²) in [6, 6.07) is 21.6. The van der Waals surface area contributed by atoms with Crippen molar-refractivity contribution in [3.05, 3.63) is 133 Å². The second-order valence-corrected chi connectivity index (χ2v) is 8.87. The van der Waals surface area contributed by atoms with Gasteiger partial charge in [-0.05, 0) is 68.1 Å². The highest BCUT2D eigenvalue weighted by Gasteiger charge is 2.17. The summed E-state index contributed by atoms with van der Waals surface area (Å²) < 4.78 is 72.5. The van der Waals surface area contributed by atoms with Crippen LogP contribution in [0.15, 0.2) is 127 Å². The molecule has 0 unspecified atom stereocenters. The van der Waals surface area contributed by atoms with E-state index in [9.17, 15) is 0 Å². The molecule has 7 rings (SSSR count). The summed E-state index contributed by atoms with van der Waals surface area (Å²) in [4.78, 5) is 4.78. The molecular formula is C35H26N2. The SMILES string of the molecule is [2H]c1c([2H])c([2H])c2c(-c3ccc(-n4c(CC)nc5ccccc54)cc3)c3c([2H])c([2H])c([2H])c([2H])c3c(-c3ccccc3)c2c1[2H]. The second-order valence-electron chi connectivity index (χ2n) is 8.87. The van der Waals surface area contributed by atoms with E-state index in [4.69, 9.17) is 16.0 Å². The number of aromatic nitrogens is 2. The maximum Gasteiger partial charge on any atom is 0.114 e. The van der Waals surface area contributed by atoms with Gasteiger partial charge in [0.2, 0.25) is 0 Å². The van der Waals surface area contributed by atoms with Gasteiger partial charge in [-0.15, -0.1) is 0 Å². The predicted molar refractivity (Wildman–Crippen MR) is 156 cm³/mol. The summed E-state index contributed by atoms with van der Waals surface area (Å²) in [5.41, 5.74) is 4.50. The predicted octanol–water partition coefficient (Wildman–Crippen LogP) is 9.23. The van der Waals surface area contributed by atoms with Crippen LogP contribution in [-0.4, -0.2) is 9.55 Å². The van der Waals surface area contributed by atoms with E-state index < -0.39 is 24.2 Å². The average molecular weight is 483 g/mol. The van der Waals surface area contributed by atoms with E-state index in [1.165, 1.54) is 0 Å². The number of para-hydroxylation sites is 2. The first kappa shape index (κ1) is 14.8. The highest BCUT2D eigenvalue weighted by Crippen LogP contribution is 2.43. The summed E-state index contributed by atoms with van der Waals surface area (Å²) in [6.45, 7) is 2.04. The molecule has 6 aromatic carbocycles. The molecule has 0 spiro atoms. The van der Waals surface area contributed by atoms with Crippen molar-refractivity contribution in [2.45, 2.75) is 13.3 Å². The lowest BCUT2D eigenvalue weighted by atomic mass is 9.86. The minimum atomic E-state index is -0.415. The molecule has 0 saturated heterocycles. The molecule has 0 atom stereocenters. The summed E-state index contributed by atoms with van der Waals surface area (Å²) in [5, 5.41) is 0.815. The molecule has 2 nitrogen and oxygen atoms in total. The molecule has 7 aromatic rings. The molecule has 0 aliphatic heterocycles. The van der Waals surface area contributed by atoms with Gasteiger partial charge in [-0.25, -0.2) is 4.98 Å². The van der Waals surface area contributed by atoms with Crippen LogP contribution in [0.3, 0.4) is 0 Å². The van der Waals surface area contributed by atoms with Crippen LogP contribution < -0.4 is 0 Å². The van der Waals surface area contributed by atoms with Crippen LogP contribution in [0.4, 0.5) is 0 Å². The van der Waals surface area contributed by atoms with Gasteiger partial charge < -0.3 is 0 Å². The quantitative estimate of drug-likeness (QED) is 0.229. The van der Waals surface area contributed by atoms with Gasteiger partial charge in [0.25, 0.3) is 0 Å². The number of benzene rings is 6. The molecule has 1 heterocycles. The van der Waals surface area contributed by atoms with E-state index >= 15 is 0 Å². The Balaban J connectivity index is 1.65. The van der Waals surface area contributed by atoms with Gasteiger partial charge in [0.05, 0.1) is 22.0 Å². The van der Waals surface area contributed by atoms with Crippen LogP contribution >= 0.6 is 0 Å². The van der Waals surface area contributed by atoms with Crippen LogP contribution in [0.25, 0.3) is 60.5 Å². The molecule has 1 aromatic heterocycles. The third-order valence-corrected chi connectivity index (χ3v) is 6.80. The van der Waals surface area contributed by atoms with Crippen molar-refractivity contribution in [3.8, 4) is 27.9 Å². The summed E-state index contributed by atoms with van der Waals surface area (Å²) in [7, 11) is 0. The summed E-state index contributed by atoms with van der Waals surface area (Å²) >= 11 is 0. The lowest BCUT2D eigenvalue weighted by molar-refractivity contribution is 0.908. The van der Waals surface area contributed by atoms with Crippen LogP contribution in [0.5, 0.6) is 0 Å². The van der Waals surface area contributed by atoms with Gasteiger partial charge in [-0.1, -0.05) is 110 Å². The van der Waals surface area contributed by atoms with Crippen molar-refractivity contribution in [3.63, 3.8) is 0 Å². The molecular weight excluding hydrogens is 448 g/mol. The Morgan fingerprint density at radius 2 is 1.14 bits per heavy atom. The van der Waals surface area contributed by atoms with Crippen molar-refractivity contribution >= 4 is 32.6 Å². The van der Waals surface area contributed by atoms with Gasteiger partial charge in [0.1, 0.15) is 5.82 Å². The Bertz CT molecular complexity index is 2250. The Kier molecular flexibility index (Phi) is 3.50. The number of hydrogen-bond acceptors (Lipinski definition) is 1. The largest absolute Gasteiger partial charge is 0.296 e. The molecule has 0 radical (unpaired) electrons. The molecule has 0 amide bonds. The second kappa shape index (κ2) is 8.76. The van der Waals surface area contributed by atoms with Gasteiger partial charge >= 0.3 is 0 Å². The van der Waals surface area contributed by atoms with Crippen molar-refractivity contribution < 1.29 is 11.0 Å². The van der Waals surface area contributed by atoms with E-state index in [0.717, 1.165) is 22.5 Å². The Hall–Kier alpha value is -4.69. The lowest BCUT2D eigenvalue weighted by Gasteiger charge is -2.18. The first-order chi connectivity index (χ1) is 21.6. The summed E-state index contributed by atoms with van der Waals surface area (Å²) in [5.74, 6) is 0.885. The smallest absolute Gasteiger partial charge is 0.114 e. The highest BCUT2D eigenvalue weighted by molar-refractivity contribution is 6.21. The number of aryl methyl sites for hydroxylation is 1. The Morgan fingerprint density at radius 1 is 0.622 bits per heavy atom. The fourth-order valence-corrected chi connectivity index (χ4v) is 5.19. The van der Waals surface area contributed by atoms with Crippen molar-refractivity contribution in [2.24, 2.45) is 0 Å². The topological polar surface area (TPSA) is 17.8 Å². The maximum absolute atomic E-state index is 9.07. The molecule has 0 aliphatic rings. The Morgan fingerprint density at radius 3 is 1.70 bits per heavy atom. The first-order valence-electron chi connectivity index (χ1n) is 16.2. The Labute approximate surface area is 227 Å². The van der Waals surface area contributed by atoms with Crippen molar-refractivity contribution in [1.82, 2.24) is 9.55 Å². The molecule has 37 heavy (non-hydrogen) atoms. The number of hydrogen-bond donors (Lipinski definition) is 0. The fourth-order valence-electron chi connectivity index (χ4n) is 5.19. The number of rotatable bonds is 4. The van der Waals surface area contributed by atoms with Crippen LogP contribution in [0.2, 0.25) is 0 Å². The minimum absolute atomic E-state index is 0.201. The van der Waals surface area contributed by atoms with E-state index in [1.54, 1.807) is 24.3 Å².